The van der Waals surface area contributed by atoms with Gasteiger partial charge in [0.1, 0.15) is 5.82 Å². The van der Waals surface area contributed by atoms with Gasteiger partial charge in [-0.2, -0.15) is 4.98 Å². The lowest BCUT2D eigenvalue weighted by Crippen LogP contribution is -2.00. The van der Waals surface area contributed by atoms with Gasteiger partial charge in [0.05, 0.1) is 5.56 Å². The van der Waals surface area contributed by atoms with Gasteiger partial charge in [-0.3, -0.25) is 0 Å². The van der Waals surface area contributed by atoms with E-state index < -0.39 is 17.3 Å². The minimum atomic E-state index is -1.33. The predicted octanol–water partition coefficient (Wildman–Crippen LogP) is 5.80. The number of benzene rings is 3. The third-order valence-corrected chi connectivity index (χ3v) is 5.47. The number of rotatable bonds is 8. The van der Waals surface area contributed by atoms with E-state index >= 15 is 0 Å². The maximum atomic E-state index is 14.1. The van der Waals surface area contributed by atoms with Crippen molar-refractivity contribution in [3.63, 3.8) is 0 Å². The molecule has 0 atom stereocenters. The van der Waals surface area contributed by atoms with E-state index in [9.17, 15) is 9.18 Å². The molecule has 4 rings (SSSR count). The number of hydrogen-bond acceptors (Lipinski definition) is 5. The predicted molar refractivity (Wildman–Crippen MR) is 122 cm³/mol. The van der Waals surface area contributed by atoms with E-state index in [4.69, 9.17) is 14.4 Å². The number of halogens is 1. The zero-order valence-corrected chi connectivity index (χ0v) is 18.3. The monoisotopic (exact) mass is 446 g/mol. The van der Waals surface area contributed by atoms with E-state index in [2.05, 4.69) is 29.2 Å². The molecule has 0 aliphatic carbocycles. The van der Waals surface area contributed by atoms with Crippen molar-refractivity contribution in [3.05, 3.63) is 83.2 Å². The highest BCUT2D eigenvalue weighted by atomic mass is 19.1. The van der Waals surface area contributed by atoms with Crippen LogP contribution in [0.1, 0.15) is 27.9 Å². The second kappa shape index (κ2) is 9.75. The lowest BCUT2D eigenvalue weighted by molar-refractivity contribution is 0.0692. The van der Waals surface area contributed by atoms with Crippen molar-refractivity contribution in [2.24, 2.45) is 0 Å². The van der Waals surface area contributed by atoms with Crippen LogP contribution in [0.5, 0.6) is 0 Å². The zero-order valence-electron chi connectivity index (χ0n) is 18.3. The Hall–Kier alpha value is -3.84. The summed E-state index contributed by atoms with van der Waals surface area (Å²) in [6, 6.07) is 18.0. The molecule has 168 valence electrons. The Morgan fingerprint density at radius 2 is 1.85 bits per heavy atom. The molecule has 1 heterocycles. The van der Waals surface area contributed by atoms with Gasteiger partial charge in [0.15, 0.2) is 0 Å². The second-order valence-electron chi connectivity index (χ2n) is 7.71. The van der Waals surface area contributed by atoms with Crippen molar-refractivity contribution < 1.29 is 23.6 Å². The fraction of sp³-hybridized carbons (Fsp3) is 0.192. The van der Waals surface area contributed by atoms with E-state index in [1.54, 1.807) is 7.11 Å². The fourth-order valence-electron chi connectivity index (χ4n) is 3.76. The molecular weight excluding hydrogens is 423 g/mol. The molecule has 0 saturated carbocycles. The Morgan fingerprint density at radius 3 is 2.58 bits per heavy atom. The van der Waals surface area contributed by atoms with Crippen molar-refractivity contribution in [2.75, 3.05) is 13.7 Å². The van der Waals surface area contributed by atoms with Crippen molar-refractivity contribution in [2.45, 2.75) is 19.8 Å². The van der Waals surface area contributed by atoms with Crippen LogP contribution >= 0.6 is 0 Å². The molecular formula is C26H23FN2O4. The van der Waals surface area contributed by atoms with E-state index in [1.807, 2.05) is 30.3 Å². The first-order chi connectivity index (χ1) is 16.0. The molecule has 0 spiro atoms. The molecule has 0 unspecified atom stereocenters. The molecule has 0 radical (unpaired) electrons. The lowest BCUT2D eigenvalue weighted by atomic mass is 9.92. The molecule has 1 aromatic heterocycles. The Labute approximate surface area is 190 Å². The highest BCUT2D eigenvalue weighted by molar-refractivity contribution is 5.88. The highest BCUT2D eigenvalue weighted by Gasteiger charge is 2.17. The number of carboxylic acid groups (broad SMARTS) is 1. The number of aryl methyl sites for hydroxylation is 2. The summed E-state index contributed by atoms with van der Waals surface area (Å²) in [7, 11) is 1.68. The molecule has 3 aromatic carbocycles. The minimum absolute atomic E-state index is 0.185. The quantitative estimate of drug-likeness (QED) is 0.345. The summed E-state index contributed by atoms with van der Waals surface area (Å²) in [5.74, 6) is -1.70. The first-order valence-electron chi connectivity index (χ1n) is 10.5. The van der Waals surface area contributed by atoms with Crippen LogP contribution in [0.2, 0.25) is 0 Å². The number of ether oxygens (including phenoxy) is 1. The molecule has 4 aromatic rings. The summed E-state index contributed by atoms with van der Waals surface area (Å²) < 4.78 is 24.8. The van der Waals surface area contributed by atoms with Crippen LogP contribution in [-0.4, -0.2) is 34.9 Å². The molecule has 1 N–H and O–H groups in total. The number of carbonyl (C=O) groups is 1. The minimum Gasteiger partial charge on any atom is -0.478 e. The largest absolute Gasteiger partial charge is 0.478 e. The van der Waals surface area contributed by atoms with Gasteiger partial charge in [0.2, 0.25) is 5.82 Å². The molecule has 0 aliphatic heterocycles. The van der Waals surface area contributed by atoms with Gasteiger partial charge in [-0.1, -0.05) is 35.5 Å². The number of carboxylic acids is 1. The maximum Gasteiger partial charge on any atom is 0.338 e. The van der Waals surface area contributed by atoms with Crippen LogP contribution in [0.15, 0.2) is 65.2 Å². The van der Waals surface area contributed by atoms with Crippen LogP contribution in [0.25, 0.3) is 34.0 Å². The Kier molecular flexibility index (Phi) is 6.60. The van der Waals surface area contributed by atoms with E-state index in [-0.39, 0.29) is 5.82 Å². The van der Waals surface area contributed by atoms with E-state index in [0.717, 1.165) is 41.2 Å². The Bertz CT molecular complexity index is 1300. The van der Waals surface area contributed by atoms with E-state index in [0.29, 0.717) is 18.1 Å². The molecule has 6 nitrogen and oxygen atoms in total. The van der Waals surface area contributed by atoms with Crippen LogP contribution in [0, 0.1) is 12.7 Å². The molecule has 33 heavy (non-hydrogen) atoms. The average Bonchev–Trinajstić information content (AvgIpc) is 3.30. The number of nitrogens with zero attached hydrogens (tertiary/aromatic N) is 2. The van der Waals surface area contributed by atoms with Crippen molar-refractivity contribution in [1.29, 1.82) is 0 Å². The Balaban J connectivity index is 1.69. The first-order valence-corrected chi connectivity index (χ1v) is 10.5. The fourth-order valence-corrected chi connectivity index (χ4v) is 3.76. The van der Waals surface area contributed by atoms with Gasteiger partial charge in [-0.25, -0.2) is 9.18 Å². The van der Waals surface area contributed by atoms with Gasteiger partial charge in [-0.15, -0.1) is 0 Å². The molecule has 0 fully saturated rings. The highest BCUT2D eigenvalue weighted by Crippen LogP contribution is 2.32. The number of aromatic carboxylic acids is 1. The molecule has 0 amide bonds. The zero-order chi connectivity index (χ0) is 23.4. The van der Waals surface area contributed by atoms with Crippen LogP contribution in [0.3, 0.4) is 0 Å². The molecule has 7 heteroatoms. The van der Waals surface area contributed by atoms with Crippen molar-refractivity contribution in [3.8, 4) is 34.0 Å². The summed E-state index contributed by atoms with van der Waals surface area (Å²) >= 11 is 0. The van der Waals surface area contributed by atoms with Gasteiger partial charge in [0.25, 0.3) is 5.89 Å². The smallest absolute Gasteiger partial charge is 0.338 e. The molecule has 0 saturated heterocycles. The van der Waals surface area contributed by atoms with Gasteiger partial charge < -0.3 is 14.4 Å². The van der Waals surface area contributed by atoms with Gasteiger partial charge in [-0.05, 0) is 72.4 Å². The Morgan fingerprint density at radius 1 is 1.06 bits per heavy atom. The third-order valence-electron chi connectivity index (χ3n) is 5.47. The van der Waals surface area contributed by atoms with Crippen LogP contribution in [0.4, 0.5) is 4.39 Å². The first kappa shape index (κ1) is 22.4. The van der Waals surface area contributed by atoms with Gasteiger partial charge in [0, 0.05) is 24.8 Å². The van der Waals surface area contributed by atoms with Crippen LogP contribution in [-0.2, 0) is 11.2 Å². The van der Waals surface area contributed by atoms with Gasteiger partial charge >= 0.3 is 5.97 Å². The standard InChI is InChI=1S/C26H23FN2O4/c1-16-6-3-4-8-20(16)21-11-10-19(14-17(21)7-5-13-32-2)25-28-24(29-33-25)18-9-12-22(26(30)31)23(27)15-18/h3-4,6,8-12,14-15H,5,7,13H2,1-2H3,(H,30,31). The van der Waals surface area contributed by atoms with Crippen molar-refractivity contribution in [1.82, 2.24) is 10.1 Å². The molecule has 0 bridgehead atoms. The maximum absolute atomic E-state index is 14.1. The lowest BCUT2D eigenvalue weighted by Gasteiger charge is -2.13. The molecule has 0 aliphatic rings. The summed E-state index contributed by atoms with van der Waals surface area (Å²) in [6.07, 6.45) is 1.68. The number of hydrogen-bond donors (Lipinski definition) is 1. The average molecular weight is 446 g/mol. The van der Waals surface area contributed by atoms with Crippen LogP contribution < -0.4 is 0 Å². The normalized spacial score (nSPS) is 11.0. The van der Waals surface area contributed by atoms with E-state index in [1.165, 1.54) is 17.7 Å². The summed E-state index contributed by atoms with van der Waals surface area (Å²) in [5.41, 5.74) is 5.30. The number of aromatic nitrogens is 2. The summed E-state index contributed by atoms with van der Waals surface area (Å²) in [6.45, 7) is 2.74. The van der Waals surface area contributed by atoms with Crippen molar-refractivity contribution >= 4 is 5.97 Å². The topological polar surface area (TPSA) is 85.5 Å². The summed E-state index contributed by atoms with van der Waals surface area (Å²) in [4.78, 5) is 15.4. The SMILES string of the molecule is COCCCc1cc(-c2nc(-c3ccc(C(=O)O)c(F)c3)no2)ccc1-c1ccccc1C. The third kappa shape index (κ3) is 4.83. The second-order valence-corrected chi connectivity index (χ2v) is 7.71. The summed E-state index contributed by atoms with van der Waals surface area (Å²) in [5, 5.41) is 13.0. The number of methoxy groups -OCH3 is 1.